The Bertz CT molecular complexity index is 268. The first-order valence-corrected chi connectivity index (χ1v) is 4.46. The number of fused-ring (bicyclic) bond motifs is 1. The SMILES string of the molecule is Br.CC1(C)C=CN=C2SC=CN21. The molecule has 0 fully saturated rings. The molecule has 2 rings (SSSR count). The van der Waals surface area contributed by atoms with Crippen LogP contribution in [0.25, 0.3) is 0 Å². The number of hydrogen-bond acceptors (Lipinski definition) is 3. The van der Waals surface area contributed by atoms with Gasteiger partial charge in [0, 0.05) is 12.4 Å². The van der Waals surface area contributed by atoms with E-state index in [9.17, 15) is 0 Å². The molecule has 2 aliphatic rings. The maximum Gasteiger partial charge on any atom is 0.172 e. The lowest BCUT2D eigenvalue weighted by Gasteiger charge is -2.34. The van der Waals surface area contributed by atoms with E-state index in [1.54, 1.807) is 11.8 Å². The van der Waals surface area contributed by atoms with Crippen LogP contribution >= 0.6 is 28.7 Å². The molecular weight excluding hydrogens is 236 g/mol. The first-order chi connectivity index (χ1) is 5.20. The van der Waals surface area contributed by atoms with Crippen molar-refractivity contribution < 1.29 is 0 Å². The van der Waals surface area contributed by atoms with Crippen LogP contribution in [0.4, 0.5) is 0 Å². The number of hydrogen-bond donors (Lipinski definition) is 0. The van der Waals surface area contributed by atoms with E-state index in [0.717, 1.165) is 5.17 Å². The molecule has 4 heteroatoms. The fourth-order valence-corrected chi connectivity index (χ4v) is 2.00. The first-order valence-electron chi connectivity index (χ1n) is 3.58. The average molecular weight is 247 g/mol. The second kappa shape index (κ2) is 3.26. The minimum Gasteiger partial charge on any atom is -0.318 e. The maximum atomic E-state index is 4.25. The normalized spacial score (nSPS) is 23.2. The van der Waals surface area contributed by atoms with E-state index in [-0.39, 0.29) is 22.5 Å². The van der Waals surface area contributed by atoms with E-state index in [0.29, 0.717) is 0 Å². The van der Waals surface area contributed by atoms with Crippen molar-refractivity contribution in [3.63, 3.8) is 0 Å². The molecule has 0 aromatic carbocycles. The lowest BCUT2D eigenvalue weighted by molar-refractivity contribution is 0.357. The molecule has 0 radical (unpaired) electrons. The molecule has 0 saturated heterocycles. The van der Waals surface area contributed by atoms with Gasteiger partial charge < -0.3 is 4.90 Å². The van der Waals surface area contributed by atoms with Gasteiger partial charge in [0.25, 0.3) is 0 Å². The Labute approximate surface area is 87.2 Å². The summed E-state index contributed by atoms with van der Waals surface area (Å²) in [5.74, 6) is 0. The van der Waals surface area contributed by atoms with Gasteiger partial charge in [-0.25, -0.2) is 4.99 Å². The highest BCUT2D eigenvalue weighted by Crippen LogP contribution is 2.31. The van der Waals surface area contributed by atoms with Crippen LogP contribution in [0.1, 0.15) is 13.8 Å². The van der Waals surface area contributed by atoms with Gasteiger partial charge in [0.1, 0.15) is 0 Å². The highest BCUT2D eigenvalue weighted by Gasteiger charge is 2.29. The fraction of sp³-hybridized carbons (Fsp3) is 0.375. The smallest absolute Gasteiger partial charge is 0.172 e. The zero-order chi connectivity index (χ0) is 7.90. The molecule has 2 aliphatic heterocycles. The Morgan fingerprint density at radius 1 is 1.50 bits per heavy atom. The van der Waals surface area contributed by atoms with Crippen LogP contribution in [-0.2, 0) is 0 Å². The maximum absolute atomic E-state index is 4.25. The summed E-state index contributed by atoms with van der Waals surface area (Å²) in [7, 11) is 0. The van der Waals surface area contributed by atoms with Gasteiger partial charge >= 0.3 is 0 Å². The van der Waals surface area contributed by atoms with Gasteiger partial charge in [0.2, 0.25) is 0 Å². The Kier molecular flexibility index (Phi) is 2.68. The van der Waals surface area contributed by atoms with Gasteiger partial charge in [-0.1, -0.05) is 11.8 Å². The molecule has 0 spiro atoms. The van der Waals surface area contributed by atoms with Crippen LogP contribution in [-0.4, -0.2) is 15.6 Å². The minimum absolute atomic E-state index is 0. The second-order valence-electron chi connectivity index (χ2n) is 3.15. The van der Waals surface area contributed by atoms with Crippen LogP contribution in [0.2, 0.25) is 0 Å². The molecule has 0 aliphatic carbocycles. The van der Waals surface area contributed by atoms with Crippen molar-refractivity contribution in [3.05, 3.63) is 23.9 Å². The van der Waals surface area contributed by atoms with E-state index in [1.165, 1.54) is 0 Å². The van der Waals surface area contributed by atoms with Crippen LogP contribution in [0.5, 0.6) is 0 Å². The van der Waals surface area contributed by atoms with Crippen molar-refractivity contribution in [1.29, 1.82) is 0 Å². The summed E-state index contributed by atoms with van der Waals surface area (Å²) in [6.45, 7) is 4.35. The predicted molar refractivity (Wildman–Crippen MR) is 59.5 cm³/mol. The molecule has 2 nitrogen and oxygen atoms in total. The van der Waals surface area contributed by atoms with Gasteiger partial charge in [-0.2, -0.15) is 0 Å². The van der Waals surface area contributed by atoms with Gasteiger partial charge in [0.05, 0.1) is 5.54 Å². The van der Waals surface area contributed by atoms with E-state index in [2.05, 4.69) is 41.4 Å². The molecule has 0 saturated carbocycles. The summed E-state index contributed by atoms with van der Waals surface area (Å²) >= 11 is 1.67. The summed E-state index contributed by atoms with van der Waals surface area (Å²) in [6.07, 6.45) is 6.06. The lowest BCUT2D eigenvalue weighted by Crippen LogP contribution is -2.41. The van der Waals surface area contributed by atoms with E-state index < -0.39 is 0 Å². The molecule has 0 aromatic rings. The summed E-state index contributed by atoms with van der Waals surface area (Å²) in [5.41, 5.74) is 0.0943. The van der Waals surface area contributed by atoms with Crippen molar-refractivity contribution in [3.8, 4) is 0 Å². The molecule has 0 aromatic heterocycles. The Balaban J connectivity index is 0.000000720. The van der Waals surface area contributed by atoms with Gasteiger partial charge in [-0.3, -0.25) is 0 Å². The summed E-state index contributed by atoms with van der Waals surface area (Å²) in [4.78, 5) is 6.43. The molecule has 0 bridgehead atoms. The van der Waals surface area contributed by atoms with Gasteiger partial charge in [-0.05, 0) is 25.3 Å². The zero-order valence-corrected chi connectivity index (χ0v) is 9.55. The number of rotatable bonds is 0. The number of thioether (sulfide) groups is 1. The highest BCUT2D eigenvalue weighted by atomic mass is 79.9. The molecule has 12 heavy (non-hydrogen) atoms. The topological polar surface area (TPSA) is 15.6 Å². The largest absolute Gasteiger partial charge is 0.318 e. The van der Waals surface area contributed by atoms with Crippen LogP contribution in [0.3, 0.4) is 0 Å². The van der Waals surface area contributed by atoms with Crippen molar-refractivity contribution in [2.45, 2.75) is 19.4 Å². The summed E-state index contributed by atoms with van der Waals surface area (Å²) in [5, 5.41) is 3.14. The monoisotopic (exact) mass is 246 g/mol. The molecule has 66 valence electrons. The third-order valence-electron chi connectivity index (χ3n) is 1.88. The third-order valence-corrected chi connectivity index (χ3v) is 2.65. The second-order valence-corrected chi connectivity index (χ2v) is 4.03. The Morgan fingerprint density at radius 2 is 2.25 bits per heavy atom. The number of nitrogens with zero attached hydrogens (tertiary/aromatic N) is 2. The molecule has 2 heterocycles. The zero-order valence-electron chi connectivity index (χ0n) is 7.02. The van der Waals surface area contributed by atoms with Crippen LogP contribution < -0.4 is 0 Å². The lowest BCUT2D eigenvalue weighted by atomic mass is 10.0. The standard InChI is InChI=1S/C8H10N2S.BrH/c1-8(2)3-4-9-7-10(8)5-6-11-7;/h3-6H,1-2H3;1H. The van der Waals surface area contributed by atoms with Crippen molar-refractivity contribution in [2.24, 2.45) is 4.99 Å². The Morgan fingerprint density at radius 3 is 2.92 bits per heavy atom. The molecule has 0 amide bonds. The van der Waals surface area contributed by atoms with Gasteiger partial charge in [0.15, 0.2) is 5.17 Å². The van der Waals surface area contributed by atoms with Gasteiger partial charge in [-0.15, -0.1) is 17.0 Å². The predicted octanol–water partition coefficient (Wildman–Crippen LogP) is 2.75. The van der Waals surface area contributed by atoms with Crippen LogP contribution in [0, 0.1) is 0 Å². The van der Waals surface area contributed by atoms with E-state index >= 15 is 0 Å². The number of amidine groups is 1. The highest BCUT2D eigenvalue weighted by molar-refractivity contribution is 8.93. The average Bonchev–Trinajstić information content (AvgIpc) is 2.34. The van der Waals surface area contributed by atoms with Crippen molar-refractivity contribution >= 4 is 33.9 Å². The third kappa shape index (κ3) is 1.45. The summed E-state index contributed by atoms with van der Waals surface area (Å²) in [6, 6.07) is 0. The fourth-order valence-electron chi connectivity index (χ4n) is 1.17. The first kappa shape index (κ1) is 9.86. The quantitative estimate of drug-likeness (QED) is 0.654. The number of aliphatic imine (C=N–C) groups is 1. The molecule has 0 unspecified atom stereocenters. The van der Waals surface area contributed by atoms with Crippen molar-refractivity contribution in [1.82, 2.24) is 4.90 Å². The van der Waals surface area contributed by atoms with E-state index in [4.69, 9.17) is 0 Å². The van der Waals surface area contributed by atoms with Crippen molar-refractivity contribution in [2.75, 3.05) is 0 Å². The minimum atomic E-state index is 0. The van der Waals surface area contributed by atoms with Crippen LogP contribution in [0.15, 0.2) is 28.9 Å². The molecule has 0 atom stereocenters. The number of halogens is 1. The molecule has 0 N–H and O–H groups in total. The molecular formula is C8H11BrN2S. The summed E-state index contributed by atoms with van der Waals surface area (Å²) < 4.78 is 0. The van der Waals surface area contributed by atoms with E-state index in [1.807, 2.05) is 6.20 Å². The Hall–Kier alpha value is -0.220.